The van der Waals surface area contributed by atoms with Gasteiger partial charge in [0.1, 0.15) is 0 Å². The molecule has 0 aliphatic rings. The second kappa shape index (κ2) is 9.57. The number of hydrazine groups is 1. The lowest BCUT2D eigenvalue weighted by Crippen LogP contribution is -2.41. The molecule has 2 amide bonds. The molecular weight excluding hydrogens is 367 g/mol. The minimum Gasteiger partial charge on any atom is -0.273 e. The third kappa shape index (κ3) is 6.07. The first-order chi connectivity index (χ1) is 11.6. The van der Waals surface area contributed by atoms with Crippen LogP contribution in [0.3, 0.4) is 0 Å². The van der Waals surface area contributed by atoms with E-state index >= 15 is 0 Å². The quantitative estimate of drug-likeness (QED) is 0.444. The lowest BCUT2D eigenvalue weighted by molar-refractivity contribution is -0.121. The first kappa shape index (κ1) is 18.6. The van der Waals surface area contributed by atoms with Crippen LogP contribution in [0.2, 0.25) is 10.0 Å². The van der Waals surface area contributed by atoms with Crippen LogP contribution in [-0.2, 0) is 4.79 Å². The molecule has 0 saturated carbocycles. The number of amides is 2. The van der Waals surface area contributed by atoms with Gasteiger partial charge in [0.25, 0.3) is 5.91 Å². The SMILES string of the molecule is O=C(CCCSc1ccc(Cl)cc1)NNC(=O)c1ccccc1Cl. The molecule has 0 radical (unpaired) electrons. The van der Waals surface area contributed by atoms with E-state index in [2.05, 4.69) is 10.9 Å². The van der Waals surface area contributed by atoms with E-state index in [1.165, 1.54) is 0 Å². The van der Waals surface area contributed by atoms with Crippen molar-refractivity contribution in [1.29, 1.82) is 0 Å². The minimum atomic E-state index is -0.440. The Labute approximate surface area is 154 Å². The van der Waals surface area contributed by atoms with E-state index in [1.807, 2.05) is 24.3 Å². The summed E-state index contributed by atoms with van der Waals surface area (Å²) in [7, 11) is 0. The highest BCUT2D eigenvalue weighted by atomic mass is 35.5. The molecule has 7 heteroatoms. The van der Waals surface area contributed by atoms with Crippen LogP contribution in [0, 0.1) is 0 Å². The topological polar surface area (TPSA) is 58.2 Å². The Hall–Kier alpha value is -1.69. The Morgan fingerprint density at radius 3 is 2.38 bits per heavy atom. The van der Waals surface area contributed by atoms with Crippen LogP contribution in [-0.4, -0.2) is 17.6 Å². The molecule has 2 rings (SSSR count). The van der Waals surface area contributed by atoms with Crippen molar-refractivity contribution in [3.8, 4) is 0 Å². The van der Waals surface area contributed by atoms with Crippen molar-refractivity contribution in [2.75, 3.05) is 5.75 Å². The molecule has 0 spiro atoms. The van der Waals surface area contributed by atoms with Crippen LogP contribution < -0.4 is 10.9 Å². The summed E-state index contributed by atoms with van der Waals surface area (Å²) in [5.41, 5.74) is 5.07. The van der Waals surface area contributed by atoms with Gasteiger partial charge in [0.2, 0.25) is 5.91 Å². The number of carbonyl (C=O) groups excluding carboxylic acids is 2. The molecule has 2 N–H and O–H groups in total. The van der Waals surface area contributed by atoms with E-state index in [0.29, 0.717) is 28.5 Å². The molecule has 0 aromatic heterocycles. The lowest BCUT2D eigenvalue weighted by atomic mass is 10.2. The maximum atomic E-state index is 11.9. The molecule has 0 bridgehead atoms. The highest BCUT2D eigenvalue weighted by Gasteiger charge is 2.10. The smallest absolute Gasteiger partial charge is 0.271 e. The summed E-state index contributed by atoms with van der Waals surface area (Å²) in [5, 5.41) is 1.04. The summed E-state index contributed by atoms with van der Waals surface area (Å²) in [5.74, 6) is 0.115. The van der Waals surface area contributed by atoms with E-state index in [4.69, 9.17) is 23.2 Å². The van der Waals surface area contributed by atoms with Crippen molar-refractivity contribution in [3.05, 3.63) is 64.1 Å². The van der Waals surface area contributed by atoms with Gasteiger partial charge in [0.05, 0.1) is 10.6 Å². The Balaban J connectivity index is 1.65. The maximum absolute atomic E-state index is 11.9. The molecule has 0 unspecified atom stereocenters. The van der Waals surface area contributed by atoms with Gasteiger partial charge in [0.15, 0.2) is 0 Å². The molecular formula is C17H16Cl2N2O2S. The van der Waals surface area contributed by atoms with Gasteiger partial charge in [-0.15, -0.1) is 11.8 Å². The van der Waals surface area contributed by atoms with E-state index in [0.717, 1.165) is 10.6 Å². The Bertz CT molecular complexity index is 708. The molecule has 2 aromatic carbocycles. The van der Waals surface area contributed by atoms with Crippen molar-refractivity contribution in [2.45, 2.75) is 17.7 Å². The van der Waals surface area contributed by atoms with E-state index < -0.39 is 5.91 Å². The van der Waals surface area contributed by atoms with Gasteiger partial charge < -0.3 is 0 Å². The Morgan fingerprint density at radius 2 is 1.67 bits per heavy atom. The largest absolute Gasteiger partial charge is 0.273 e. The average Bonchev–Trinajstić information content (AvgIpc) is 2.58. The summed E-state index contributed by atoms with van der Waals surface area (Å²) in [6.45, 7) is 0. The fourth-order valence-corrected chi connectivity index (χ4v) is 3.06. The monoisotopic (exact) mass is 382 g/mol. The van der Waals surface area contributed by atoms with E-state index in [9.17, 15) is 9.59 Å². The number of halogens is 2. The van der Waals surface area contributed by atoms with Crippen molar-refractivity contribution in [2.24, 2.45) is 0 Å². The van der Waals surface area contributed by atoms with Gasteiger partial charge in [-0.2, -0.15) is 0 Å². The molecule has 0 aliphatic carbocycles. The van der Waals surface area contributed by atoms with Crippen LogP contribution in [0.4, 0.5) is 0 Å². The fraction of sp³-hybridized carbons (Fsp3) is 0.176. The molecule has 0 fully saturated rings. The normalized spacial score (nSPS) is 10.2. The highest BCUT2D eigenvalue weighted by Crippen LogP contribution is 2.21. The van der Waals surface area contributed by atoms with Gasteiger partial charge in [-0.05, 0) is 48.6 Å². The number of hydrogen-bond donors (Lipinski definition) is 2. The van der Waals surface area contributed by atoms with Crippen LogP contribution in [0.15, 0.2) is 53.4 Å². The van der Waals surface area contributed by atoms with E-state index in [1.54, 1.807) is 36.0 Å². The minimum absolute atomic E-state index is 0.243. The summed E-state index contributed by atoms with van der Waals surface area (Å²) in [6, 6.07) is 14.2. The van der Waals surface area contributed by atoms with Crippen molar-refractivity contribution in [1.82, 2.24) is 10.9 Å². The third-order valence-electron chi connectivity index (χ3n) is 3.06. The number of hydrogen-bond acceptors (Lipinski definition) is 3. The zero-order valence-electron chi connectivity index (χ0n) is 12.7. The highest BCUT2D eigenvalue weighted by molar-refractivity contribution is 7.99. The zero-order chi connectivity index (χ0) is 17.4. The average molecular weight is 383 g/mol. The summed E-state index contributed by atoms with van der Waals surface area (Å²) in [4.78, 5) is 24.7. The van der Waals surface area contributed by atoms with Gasteiger partial charge in [0, 0.05) is 16.3 Å². The third-order valence-corrected chi connectivity index (χ3v) is 4.74. The molecule has 0 aliphatic heterocycles. The van der Waals surface area contributed by atoms with Gasteiger partial charge in [-0.25, -0.2) is 0 Å². The number of thioether (sulfide) groups is 1. The molecule has 0 heterocycles. The standard InChI is InChI=1S/C17H16Cl2N2O2S/c18-12-7-9-13(10-8-12)24-11-3-6-16(22)20-21-17(23)14-4-1-2-5-15(14)19/h1-2,4-5,7-10H,3,6,11H2,(H,20,22)(H,21,23). The zero-order valence-corrected chi connectivity index (χ0v) is 15.0. The van der Waals surface area contributed by atoms with Crippen molar-refractivity contribution < 1.29 is 9.59 Å². The molecule has 0 atom stereocenters. The fourth-order valence-electron chi connectivity index (χ4n) is 1.86. The van der Waals surface area contributed by atoms with Crippen LogP contribution >= 0.6 is 35.0 Å². The van der Waals surface area contributed by atoms with Crippen molar-refractivity contribution in [3.63, 3.8) is 0 Å². The number of benzene rings is 2. The first-order valence-electron chi connectivity index (χ1n) is 7.28. The van der Waals surface area contributed by atoms with Crippen LogP contribution in [0.1, 0.15) is 23.2 Å². The first-order valence-corrected chi connectivity index (χ1v) is 9.02. The summed E-state index contributed by atoms with van der Waals surface area (Å²) < 4.78 is 0. The second-order valence-electron chi connectivity index (χ2n) is 4.89. The lowest BCUT2D eigenvalue weighted by Gasteiger charge is -2.08. The van der Waals surface area contributed by atoms with Crippen LogP contribution in [0.5, 0.6) is 0 Å². The molecule has 24 heavy (non-hydrogen) atoms. The van der Waals surface area contributed by atoms with Crippen LogP contribution in [0.25, 0.3) is 0 Å². The molecule has 4 nitrogen and oxygen atoms in total. The number of nitrogens with one attached hydrogen (secondary N) is 2. The molecule has 126 valence electrons. The summed E-state index contributed by atoms with van der Waals surface area (Å²) >= 11 is 13.4. The predicted molar refractivity (Wildman–Crippen MR) is 98.5 cm³/mol. The number of rotatable bonds is 6. The maximum Gasteiger partial charge on any atom is 0.271 e. The Kier molecular flexibility index (Phi) is 7.43. The van der Waals surface area contributed by atoms with E-state index in [-0.39, 0.29) is 5.91 Å². The van der Waals surface area contributed by atoms with Gasteiger partial charge in [-0.1, -0.05) is 35.3 Å². The van der Waals surface area contributed by atoms with Gasteiger partial charge in [-0.3, -0.25) is 20.4 Å². The molecule has 0 saturated heterocycles. The number of carbonyl (C=O) groups is 2. The van der Waals surface area contributed by atoms with Gasteiger partial charge >= 0.3 is 0 Å². The Morgan fingerprint density at radius 1 is 0.958 bits per heavy atom. The molecule has 2 aromatic rings. The second-order valence-corrected chi connectivity index (χ2v) is 6.90. The summed E-state index contributed by atoms with van der Waals surface area (Å²) in [6.07, 6.45) is 1.02. The predicted octanol–water partition coefficient (Wildman–Crippen LogP) is 4.33. The van der Waals surface area contributed by atoms with Crippen molar-refractivity contribution >= 4 is 46.8 Å².